The molecule has 0 aliphatic carbocycles. The average Bonchev–Trinajstić information content (AvgIpc) is 3.84. The normalized spacial score (nSPS) is 14.5. The van der Waals surface area contributed by atoms with E-state index < -0.39 is 12.1 Å². The van der Waals surface area contributed by atoms with E-state index in [0.29, 0.717) is 39.1 Å². The molecular weight excluding hydrogens is 694 g/mol. The number of hydrogen-bond donors (Lipinski definition) is 4. The molecule has 1 unspecified atom stereocenters. The molecule has 0 amide bonds. The summed E-state index contributed by atoms with van der Waals surface area (Å²) in [6.45, 7) is 7.79. The number of carboxylic acids is 1. The summed E-state index contributed by atoms with van der Waals surface area (Å²) in [4.78, 5) is 15.1. The molecule has 0 bridgehead atoms. The van der Waals surface area contributed by atoms with Crippen LogP contribution in [0.15, 0.2) is 73.2 Å². The molecule has 4 N–H and O–H groups in total. The van der Waals surface area contributed by atoms with Gasteiger partial charge in [0.05, 0.1) is 29.3 Å². The lowest BCUT2D eigenvalue weighted by atomic mass is 9.91. The molecule has 5 aromatic rings. The molecule has 0 spiro atoms. The fourth-order valence-electron chi connectivity index (χ4n) is 6.53. The molecule has 0 saturated carbocycles. The van der Waals surface area contributed by atoms with Crippen molar-refractivity contribution < 1.29 is 24.5 Å². The molecule has 274 valence electrons. The van der Waals surface area contributed by atoms with Crippen LogP contribution in [0.4, 0.5) is 0 Å². The number of aliphatic carboxylic acids is 1. The second-order valence-electron chi connectivity index (χ2n) is 13.3. The number of nitrogens with zero attached hydrogens (tertiary/aromatic N) is 5. The van der Waals surface area contributed by atoms with E-state index in [1.165, 1.54) is 6.20 Å². The van der Waals surface area contributed by atoms with Gasteiger partial charge >= 0.3 is 5.97 Å². The van der Waals surface area contributed by atoms with Crippen LogP contribution in [-0.2, 0) is 31.1 Å². The Hall–Kier alpha value is -5.32. The van der Waals surface area contributed by atoms with Gasteiger partial charge in [-0.25, -0.2) is 0 Å². The van der Waals surface area contributed by atoms with E-state index in [0.717, 1.165) is 65.1 Å². The zero-order chi connectivity index (χ0) is 37.3. The van der Waals surface area contributed by atoms with Crippen molar-refractivity contribution in [1.29, 1.82) is 5.26 Å². The summed E-state index contributed by atoms with van der Waals surface area (Å²) in [6.07, 6.45) is 4.85. The minimum atomic E-state index is -1.08. The Morgan fingerprint density at radius 3 is 2.60 bits per heavy atom. The molecule has 1 aliphatic rings. The van der Waals surface area contributed by atoms with Crippen LogP contribution in [0.2, 0.25) is 5.02 Å². The summed E-state index contributed by atoms with van der Waals surface area (Å²) in [5.41, 5.74) is 9.05. The van der Waals surface area contributed by atoms with E-state index >= 15 is 0 Å². The highest BCUT2D eigenvalue weighted by atomic mass is 35.5. The molecule has 0 radical (unpaired) electrons. The van der Waals surface area contributed by atoms with Crippen LogP contribution < -0.4 is 20.1 Å². The molecule has 53 heavy (non-hydrogen) atoms. The number of hydrogen-bond acceptors (Lipinski definition) is 10. The lowest BCUT2D eigenvalue weighted by Crippen LogP contribution is -2.28. The minimum absolute atomic E-state index is 0.0617. The zero-order valence-electron chi connectivity index (χ0n) is 29.7. The Bertz CT molecular complexity index is 2110. The molecule has 6 rings (SSSR count). The lowest BCUT2D eigenvalue weighted by Gasteiger charge is -2.18. The van der Waals surface area contributed by atoms with Gasteiger partial charge in [0.25, 0.3) is 0 Å². The van der Waals surface area contributed by atoms with Gasteiger partial charge in [0, 0.05) is 54.8 Å². The van der Waals surface area contributed by atoms with Gasteiger partial charge in [-0.3, -0.25) is 14.5 Å². The average molecular weight is 736 g/mol. The standard InChI is InChI=1S/C40H42ClN7O5/c1-25-30(5-3-6-33(25)34-7-4-8-35(26(34)2)37-22-48(47-46-37)21-27-9-10-43-16-27)24-53-39-14-38(52-23-29-11-28(15-42)17-44-18-29)31(12-36(39)41)19-45-20-32(49)13-40(50)51/h3-8,11-12,14,17-18,22,27,32,43,45,49H,9-10,13,16,19-21,23-24H2,1-2H3,(H,50,51)/t27?,32-/m0/s1. The Morgan fingerprint density at radius 2 is 1.83 bits per heavy atom. The van der Waals surface area contributed by atoms with E-state index in [2.05, 4.69) is 70.1 Å². The number of carbonyl (C=O) groups is 1. The summed E-state index contributed by atoms with van der Waals surface area (Å²) < 4.78 is 14.5. The van der Waals surface area contributed by atoms with Crippen LogP contribution >= 0.6 is 11.6 Å². The SMILES string of the molecule is Cc1c(COc2cc(OCc3cncc(C#N)c3)c(CNC[C@@H](O)CC(=O)O)cc2Cl)cccc1-c1cccc(-c2cn(CC3CCNC3)nn2)c1C. The van der Waals surface area contributed by atoms with Gasteiger partial charge in [0.1, 0.15) is 36.5 Å². The minimum Gasteiger partial charge on any atom is -0.488 e. The number of nitriles is 1. The molecule has 1 saturated heterocycles. The zero-order valence-corrected chi connectivity index (χ0v) is 30.4. The first-order valence-corrected chi connectivity index (χ1v) is 17.9. The topological polar surface area (TPSA) is 167 Å². The van der Waals surface area contributed by atoms with Crippen LogP contribution in [0.1, 0.15) is 46.2 Å². The Balaban J connectivity index is 1.20. The molecule has 13 heteroatoms. The number of pyridine rings is 1. The quantitative estimate of drug-likeness (QED) is 0.0961. The molecule has 2 atom stereocenters. The van der Waals surface area contributed by atoms with E-state index in [1.807, 2.05) is 23.0 Å². The molecule has 1 fully saturated rings. The second kappa shape index (κ2) is 17.5. The predicted molar refractivity (Wildman–Crippen MR) is 200 cm³/mol. The van der Waals surface area contributed by atoms with Crippen LogP contribution in [0.5, 0.6) is 11.5 Å². The number of carboxylic acid groups (broad SMARTS) is 1. The molecule has 2 aromatic heterocycles. The van der Waals surface area contributed by atoms with Crippen molar-refractivity contribution in [3.63, 3.8) is 0 Å². The van der Waals surface area contributed by atoms with E-state index in [9.17, 15) is 15.2 Å². The summed E-state index contributed by atoms with van der Waals surface area (Å²) in [7, 11) is 0. The first kappa shape index (κ1) is 37.4. The van der Waals surface area contributed by atoms with Gasteiger partial charge in [-0.2, -0.15) is 5.26 Å². The van der Waals surface area contributed by atoms with Crippen molar-refractivity contribution in [2.75, 3.05) is 19.6 Å². The van der Waals surface area contributed by atoms with Crippen LogP contribution in [0.25, 0.3) is 22.4 Å². The monoisotopic (exact) mass is 735 g/mol. The highest BCUT2D eigenvalue weighted by Crippen LogP contribution is 2.36. The van der Waals surface area contributed by atoms with Crippen molar-refractivity contribution in [3.05, 3.63) is 112 Å². The highest BCUT2D eigenvalue weighted by molar-refractivity contribution is 6.32. The van der Waals surface area contributed by atoms with Crippen LogP contribution in [0, 0.1) is 31.1 Å². The Kier molecular flexibility index (Phi) is 12.3. The van der Waals surface area contributed by atoms with E-state index in [1.54, 1.807) is 24.4 Å². The molecular formula is C40H42ClN7O5. The molecule has 3 heterocycles. The summed E-state index contributed by atoms with van der Waals surface area (Å²) in [6, 6.07) is 19.7. The third-order valence-electron chi connectivity index (χ3n) is 9.41. The van der Waals surface area contributed by atoms with E-state index in [4.69, 9.17) is 26.2 Å². The fourth-order valence-corrected chi connectivity index (χ4v) is 6.77. The van der Waals surface area contributed by atoms with Crippen LogP contribution in [-0.4, -0.2) is 61.9 Å². The summed E-state index contributed by atoms with van der Waals surface area (Å²) >= 11 is 6.75. The fraction of sp³-hybridized carbons (Fsp3) is 0.325. The predicted octanol–water partition coefficient (Wildman–Crippen LogP) is 5.84. The van der Waals surface area contributed by atoms with Crippen molar-refractivity contribution in [2.24, 2.45) is 5.92 Å². The number of rotatable bonds is 16. The maximum Gasteiger partial charge on any atom is 0.306 e. The number of nitrogens with one attached hydrogen (secondary N) is 2. The maximum absolute atomic E-state index is 11.0. The molecule has 1 aliphatic heterocycles. The smallest absolute Gasteiger partial charge is 0.306 e. The number of halogens is 1. The number of aliphatic hydroxyl groups excluding tert-OH is 1. The number of aromatic nitrogens is 4. The summed E-state index contributed by atoms with van der Waals surface area (Å²) in [5.74, 6) is 0.371. The largest absolute Gasteiger partial charge is 0.488 e. The third-order valence-corrected chi connectivity index (χ3v) is 9.71. The van der Waals surface area contributed by atoms with Crippen molar-refractivity contribution in [2.45, 2.75) is 59.1 Å². The Morgan fingerprint density at radius 1 is 1.06 bits per heavy atom. The lowest BCUT2D eigenvalue weighted by molar-refractivity contribution is -0.139. The van der Waals surface area contributed by atoms with Gasteiger partial charge in [-0.05, 0) is 79.2 Å². The number of aliphatic hydroxyl groups is 1. The second-order valence-corrected chi connectivity index (χ2v) is 13.7. The Labute approximate surface area is 313 Å². The van der Waals surface area contributed by atoms with Crippen molar-refractivity contribution >= 4 is 17.6 Å². The van der Waals surface area contributed by atoms with Gasteiger partial charge in [0.2, 0.25) is 0 Å². The number of ether oxygens (including phenoxy) is 2. The van der Waals surface area contributed by atoms with Crippen molar-refractivity contribution in [1.82, 2.24) is 30.6 Å². The van der Waals surface area contributed by atoms with Gasteiger partial charge in [0.15, 0.2) is 0 Å². The van der Waals surface area contributed by atoms with Gasteiger partial charge < -0.3 is 30.3 Å². The molecule has 12 nitrogen and oxygen atoms in total. The van der Waals surface area contributed by atoms with Gasteiger partial charge in [-0.1, -0.05) is 53.2 Å². The highest BCUT2D eigenvalue weighted by Gasteiger charge is 2.19. The van der Waals surface area contributed by atoms with E-state index in [-0.39, 0.29) is 32.7 Å². The first-order chi connectivity index (χ1) is 25.7. The van der Waals surface area contributed by atoms with Crippen molar-refractivity contribution in [3.8, 4) is 40.0 Å². The van der Waals surface area contributed by atoms with Gasteiger partial charge in [-0.15, -0.1) is 5.10 Å². The summed E-state index contributed by atoms with van der Waals surface area (Å²) in [5, 5.41) is 44.1. The molecule has 3 aromatic carbocycles. The van der Waals surface area contributed by atoms with Crippen LogP contribution in [0.3, 0.4) is 0 Å². The number of benzene rings is 3. The maximum atomic E-state index is 11.0. The third kappa shape index (κ3) is 9.57. The first-order valence-electron chi connectivity index (χ1n) is 17.5.